The van der Waals surface area contributed by atoms with E-state index in [2.05, 4.69) is 15.3 Å². The summed E-state index contributed by atoms with van der Waals surface area (Å²) in [6.45, 7) is 2.92. The van der Waals surface area contributed by atoms with Crippen molar-refractivity contribution in [3.05, 3.63) is 17.7 Å². The summed E-state index contributed by atoms with van der Waals surface area (Å²) in [7, 11) is 0. The molecule has 0 saturated carbocycles. The van der Waals surface area contributed by atoms with E-state index >= 15 is 0 Å². The van der Waals surface area contributed by atoms with Crippen molar-refractivity contribution in [2.24, 2.45) is 5.92 Å². The van der Waals surface area contributed by atoms with Crippen molar-refractivity contribution >= 4 is 11.9 Å². The summed E-state index contributed by atoms with van der Waals surface area (Å²) in [6.07, 6.45) is 2.72. The first-order chi connectivity index (χ1) is 9.58. The van der Waals surface area contributed by atoms with Crippen LogP contribution in [0.1, 0.15) is 24.7 Å². The summed E-state index contributed by atoms with van der Waals surface area (Å²) in [6, 6.07) is -0.553. The van der Waals surface area contributed by atoms with Crippen molar-refractivity contribution in [1.82, 2.24) is 20.2 Å². The molecule has 1 aromatic rings. The van der Waals surface area contributed by atoms with Crippen molar-refractivity contribution in [3.8, 4) is 0 Å². The van der Waals surface area contributed by atoms with E-state index in [1.54, 1.807) is 11.2 Å². The van der Waals surface area contributed by atoms with E-state index in [4.69, 9.17) is 5.11 Å². The van der Waals surface area contributed by atoms with Crippen molar-refractivity contribution in [2.45, 2.75) is 38.4 Å². The molecule has 1 amide bonds. The normalized spacial score (nSPS) is 29.2. The van der Waals surface area contributed by atoms with Crippen LogP contribution < -0.4 is 5.32 Å². The number of hydrogen-bond donors (Lipinski definition) is 3. The van der Waals surface area contributed by atoms with Gasteiger partial charge in [-0.3, -0.25) is 14.9 Å². The number of aliphatic carboxylic acids is 1. The molecule has 2 aliphatic heterocycles. The van der Waals surface area contributed by atoms with Gasteiger partial charge in [0.1, 0.15) is 0 Å². The lowest BCUT2D eigenvalue weighted by molar-refractivity contribution is -0.143. The van der Waals surface area contributed by atoms with Crippen LogP contribution in [0.5, 0.6) is 0 Å². The Morgan fingerprint density at radius 2 is 2.30 bits per heavy atom. The third-order valence-corrected chi connectivity index (χ3v) is 4.38. The number of rotatable bonds is 2. The molecule has 1 fully saturated rings. The molecule has 7 heteroatoms. The zero-order valence-electron chi connectivity index (χ0n) is 11.3. The Hall–Kier alpha value is -1.89. The molecule has 3 rings (SSSR count). The Balaban J connectivity index is 1.70. The Bertz CT molecular complexity index is 541. The summed E-state index contributed by atoms with van der Waals surface area (Å²) < 4.78 is 0. The van der Waals surface area contributed by atoms with Crippen LogP contribution in [0.25, 0.3) is 0 Å². The molecule has 7 nitrogen and oxygen atoms in total. The van der Waals surface area contributed by atoms with Gasteiger partial charge < -0.3 is 15.0 Å². The zero-order valence-corrected chi connectivity index (χ0v) is 11.3. The highest BCUT2D eigenvalue weighted by Crippen LogP contribution is 2.26. The molecular formula is C13H18N4O3. The van der Waals surface area contributed by atoms with Crippen LogP contribution in [0.15, 0.2) is 6.33 Å². The number of likely N-dealkylation sites (tertiary alicyclic amines) is 1. The van der Waals surface area contributed by atoms with Crippen molar-refractivity contribution in [1.29, 1.82) is 0 Å². The number of fused-ring (bicyclic) bond motifs is 1. The number of H-pyrrole nitrogens is 1. The maximum Gasteiger partial charge on any atom is 0.308 e. The number of aromatic amines is 1. The molecule has 3 heterocycles. The first kappa shape index (κ1) is 13.1. The first-order valence-electron chi connectivity index (χ1n) is 6.85. The number of carbonyl (C=O) groups is 2. The molecule has 2 aliphatic rings. The van der Waals surface area contributed by atoms with Gasteiger partial charge in [-0.1, -0.05) is 0 Å². The van der Waals surface area contributed by atoms with E-state index in [1.807, 2.05) is 6.92 Å². The van der Waals surface area contributed by atoms with Gasteiger partial charge in [-0.15, -0.1) is 0 Å². The summed E-state index contributed by atoms with van der Waals surface area (Å²) in [5.41, 5.74) is 1.94. The average Bonchev–Trinajstić information content (AvgIpc) is 3.03. The van der Waals surface area contributed by atoms with Gasteiger partial charge in [-0.05, 0) is 13.3 Å². The second kappa shape index (κ2) is 4.90. The first-order valence-corrected chi connectivity index (χ1v) is 6.85. The van der Waals surface area contributed by atoms with E-state index in [-0.39, 0.29) is 18.0 Å². The van der Waals surface area contributed by atoms with Crippen molar-refractivity contribution in [2.75, 3.05) is 6.54 Å². The molecule has 20 heavy (non-hydrogen) atoms. The van der Waals surface area contributed by atoms with Crippen LogP contribution in [0.3, 0.4) is 0 Å². The molecule has 3 atom stereocenters. The van der Waals surface area contributed by atoms with Crippen LogP contribution in [-0.2, 0) is 22.6 Å². The second-order valence-corrected chi connectivity index (χ2v) is 5.47. The number of hydrogen-bond acceptors (Lipinski definition) is 4. The third kappa shape index (κ3) is 2.07. The number of carboxylic acids is 1. The largest absolute Gasteiger partial charge is 0.481 e. The number of imidazole rings is 1. The van der Waals surface area contributed by atoms with Crippen molar-refractivity contribution in [3.63, 3.8) is 0 Å². The van der Waals surface area contributed by atoms with Crippen LogP contribution in [0, 0.1) is 5.92 Å². The summed E-state index contributed by atoms with van der Waals surface area (Å²) in [5, 5.41) is 12.3. The fraction of sp³-hybridized carbons (Fsp3) is 0.615. The van der Waals surface area contributed by atoms with Crippen molar-refractivity contribution < 1.29 is 14.7 Å². The fourth-order valence-corrected chi connectivity index (χ4v) is 3.12. The molecule has 3 unspecified atom stereocenters. The maximum atomic E-state index is 12.5. The number of amides is 1. The standard InChI is InChI=1S/C13H18N4O3/c1-7-8(13(19)20)2-3-17(7)12(18)10-4-9-11(5-14-10)16-6-15-9/h6-8,10,14H,2-5H2,1H3,(H,15,16)(H,19,20). The van der Waals surface area contributed by atoms with E-state index in [0.717, 1.165) is 11.4 Å². The smallest absolute Gasteiger partial charge is 0.308 e. The van der Waals surface area contributed by atoms with Gasteiger partial charge in [-0.2, -0.15) is 0 Å². The molecule has 0 bridgehead atoms. The Morgan fingerprint density at radius 1 is 1.50 bits per heavy atom. The molecule has 3 N–H and O–H groups in total. The van der Waals surface area contributed by atoms with E-state index in [0.29, 0.717) is 25.9 Å². The predicted molar refractivity (Wildman–Crippen MR) is 69.8 cm³/mol. The van der Waals surface area contributed by atoms with E-state index < -0.39 is 11.9 Å². The van der Waals surface area contributed by atoms with Gasteiger partial charge in [0.25, 0.3) is 0 Å². The van der Waals surface area contributed by atoms with Crippen LogP contribution in [0.4, 0.5) is 0 Å². The highest BCUT2D eigenvalue weighted by Gasteiger charge is 2.40. The number of carboxylic acid groups (broad SMARTS) is 1. The van der Waals surface area contributed by atoms with Gasteiger partial charge in [0, 0.05) is 25.6 Å². The van der Waals surface area contributed by atoms with Crippen LogP contribution >= 0.6 is 0 Å². The lowest BCUT2D eigenvalue weighted by atomic mass is 10.0. The number of nitrogens with one attached hydrogen (secondary N) is 2. The molecule has 0 aromatic carbocycles. The number of aromatic nitrogens is 2. The minimum Gasteiger partial charge on any atom is -0.481 e. The highest BCUT2D eigenvalue weighted by atomic mass is 16.4. The third-order valence-electron chi connectivity index (χ3n) is 4.38. The van der Waals surface area contributed by atoms with E-state index in [9.17, 15) is 9.59 Å². The molecule has 0 spiro atoms. The van der Waals surface area contributed by atoms with Gasteiger partial charge in [0.05, 0.1) is 29.7 Å². The average molecular weight is 278 g/mol. The summed E-state index contributed by atoms with van der Waals surface area (Å²) >= 11 is 0. The molecule has 1 aromatic heterocycles. The lowest BCUT2D eigenvalue weighted by Gasteiger charge is -2.30. The fourth-order valence-electron chi connectivity index (χ4n) is 3.12. The highest BCUT2D eigenvalue weighted by molar-refractivity contribution is 5.84. The second-order valence-electron chi connectivity index (χ2n) is 5.47. The number of carbonyl (C=O) groups excluding carboxylic acids is 1. The van der Waals surface area contributed by atoms with Crippen LogP contribution in [0.2, 0.25) is 0 Å². The van der Waals surface area contributed by atoms with Gasteiger partial charge >= 0.3 is 5.97 Å². The van der Waals surface area contributed by atoms with Gasteiger partial charge in [0.15, 0.2) is 0 Å². The molecule has 108 valence electrons. The predicted octanol–water partition coefficient (Wildman–Crippen LogP) is -0.254. The monoisotopic (exact) mass is 278 g/mol. The molecule has 1 saturated heterocycles. The quantitative estimate of drug-likeness (QED) is 0.692. The van der Waals surface area contributed by atoms with Gasteiger partial charge in [-0.25, -0.2) is 4.98 Å². The summed E-state index contributed by atoms with van der Waals surface area (Å²) in [5.74, 6) is -1.29. The molecular weight excluding hydrogens is 260 g/mol. The van der Waals surface area contributed by atoms with Gasteiger partial charge in [0.2, 0.25) is 5.91 Å². The Labute approximate surface area is 116 Å². The molecule has 0 aliphatic carbocycles. The minimum atomic E-state index is -0.820. The Morgan fingerprint density at radius 3 is 3.00 bits per heavy atom. The Kier molecular flexibility index (Phi) is 3.21. The van der Waals surface area contributed by atoms with Crippen LogP contribution in [-0.4, -0.2) is 50.5 Å². The number of nitrogens with zero attached hydrogens (tertiary/aromatic N) is 2. The maximum absolute atomic E-state index is 12.5. The minimum absolute atomic E-state index is 0.0186. The summed E-state index contributed by atoms with van der Waals surface area (Å²) in [4.78, 5) is 32.6. The molecule has 0 radical (unpaired) electrons. The van der Waals surface area contributed by atoms with E-state index in [1.165, 1.54) is 0 Å². The zero-order chi connectivity index (χ0) is 14.3. The lowest BCUT2D eigenvalue weighted by Crippen LogP contribution is -2.51. The topological polar surface area (TPSA) is 98.3 Å². The SMILES string of the molecule is CC1C(C(=O)O)CCN1C(=O)C1Cc2nc[nH]c2CN1.